The molecule has 2 rings (SSSR count). The van der Waals surface area contributed by atoms with Gasteiger partial charge in [0.1, 0.15) is 11.5 Å². The Morgan fingerprint density at radius 2 is 1.83 bits per heavy atom. The molecule has 0 saturated carbocycles. The van der Waals surface area contributed by atoms with Crippen molar-refractivity contribution in [2.24, 2.45) is 0 Å². The van der Waals surface area contributed by atoms with Gasteiger partial charge in [-0.15, -0.1) is 0 Å². The van der Waals surface area contributed by atoms with E-state index in [4.69, 9.17) is 4.74 Å². The predicted molar refractivity (Wildman–Crippen MR) is 103 cm³/mol. The predicted octanol–water partition coefficient (Wildman–Crippen LogP) is 6.28. The Morgan fingerprint density at radius 3 is 2.42 bits per heavy atom. The molecule has 0 aromatic heterocycles. The molecule has 130 valence electrons. The van der Waals surface area contributed by atoms with E-state index in [9.17, 15) is 5.11 Å². The summed E-state index contributed by atoms with van der Waals surface area (Å²) in [6, 6.07) is 7.90. The first kappa shape index (κ1) is 18.4. The Balaban J connectivity index is 2.62. The summed E-state index contributed by atoms with van der Waals surface area (Å²) in [6.07, 6.45) is 5.56. The molecule has 2 nitrogen and oxygen atoms in total. The number of ether oxygens (including phenoxy) is 1. The summed E-state index contributed by atoms with van der Waals surface area (Å²) in [6.45, 7) is 10.8. The van der Waals surface area contributed by atoms with Gasteiger partial charge in [0.25, 0.3) is 0 Å². The molecule has 2 heteroatoms. The van der Waals surface area contributed by atoms with Crippen molar-refractivity contribution in [3.8, 4) is 11.5 Å². The highest BCUT2D eigenvalue weighted by molar-refractivity contribution is 5.96. The Morgan fingerprint density at radius 1 is 1.21 bits per heavy atom. The zero-order chi connectivity index (χ0) is 17.9. The monoisotopic (exact) mass is 326 g/mol. The average molecular weight is 326 g/mol. The lowest BCUT2D eigenvalue weighted by Gasteiger charge is -2.30. The number of methoxy groups -OCH3 is 1. The van der Waals surface area contributed by atoms with Crippen LogP contribution in [0.15, 0.2) is 35.9 Å². The van der Waals surface area contributed by atoms with Crippen LogP contribution in [0.25, 0.3) is 10.8 Å². The second kappa shape index (κ2) is 7.29. The van der Waals surface area contributed by atoms with Gasteiger partial charge in [-0.25, -0.2) is 0 Å². The smallest absolute Gasteiger partial charge is 0.130 e. The average Bonchev–Trinajstić information content (AvgIpc) is 2.56. The normalized spacial score (nSPS) is 12.7. The van der Waals surface area contributed by atoms with Crippen molar-refractivity contribution in [3.05, 3.63) is 47.0 Å². The van der Waals surface area contributed by atoms with Crippen molar-refractivity contribution >= 4 is 10.8 Å². The first-order valence-corrected chi connectivity index (χ1v) is 8.77. The molecule has 0 aliphatic heterocycles. The van der Waals surface area contributed by atoms with Gasteiger partial charge in [0.05, 0.1) is 7.11 Å². The molecule has 0 spiro atoms. The van der Waals surface area contributed by atoms with E-state index in [-0.39, 0.29) is 5.41 Å². The fourth-order valence-electron chi connectivity index (χ4n) is 3.57. The highest BCUT2D eigenvalue weighted by Gasteiger charge is 2.29. The summed E-state index contributed by atoms with van der Waals surface area (Å²) in [7, 11) is 1.72. The lowest BCUT2D eigenvalue weighted by Crippen LogP contribution is -2.19. The van der Waals surface area contributed by atoms with Gasteiger partial charge in [0.15, 0.2) is 0 Å². The molecule has 0 amide bonds. The molecule has 0 fully saturated rings. The van der Waals surface area contributed by atoms with Crippen LogP contribution in [0.2, 0.25) is 0 Å². The molecule has 0 unspecified atom stereocenters. The Labute approximate surface area is 146 Å². The Bertz CT molecular complexity index is 754. The fourth-order valence-corrected chi connectivity index (χ4v) is 3.57. The summed E-state index contributed by atoms with van der Waals surface area (Å²) in [5, 5.41) is 12.5. The van der Waals surface area contributed by atoms with Gasteiger partial charge < -0.3 is 9.84 Å². The molecule has 0 atom stereocenters. The zero-order valence-electron chi connectivity index (χ0n) is 15.9. The van der Waals surface area contributed by atoms with Gasteiger partial charge in [0.2, 0.25) is 0 Å². The van der Waals surface area contributed by atoms with E-state index in [0.717, 1.165) is 40.5 Å². The number of aromatic hydroxyl groups is 1. The summed E-state index contributed by atoms with van der Waals surface area (Å²) in [5.41, 5.74) is 3.32. The third-order valence-corrected chi connectivity index (χ3v) is 4.87. The molecular weight excluding hydrogens is 296 g/mol. The number of benzene rings is 2. The van der Waals surface area contributed by atoms with Crippen molar-refractivity contribution in [2.45, 2.75) is 59.3 Å². The Hall–Kier alpha value is -1.96. The van der Waals surface area contributed by atoms with Crippen LogP contribution >= 0.6 is 0 Å². The van der Waals surface area contributed by atoms with Crippen molar-refractivity contribution < 1.29 is 9.84 Å². The SMILES string of the molecule is CCC/C(C)=C/CC(C)(C)c1c(C)c(O)c2ccccc2c1OC. The van der Waals surface area contributed by atoms with E-state index >= 15 is 0 Å². The minimum Gasteiger partial charge on any atom is -0.507 e. The van der Waals surface area contributed by atoms with Gasteiger partial charge in [-0.1, -0.05) is 63.1 Å². The van der Waals surface area contributed by atoms with Crippen LogP contribution in [-0.4, -0.2) is 12.2 Å². The van der Waals surface area contributed by atoms with E-state index in [0.29, 0.717) is 5.75 Å². The minimum atomic E-state index is -0.119. The van der Waals surface area contributed by atoms with Crippen LogP contribution < -0.4 is 4.74 Å². The van der Waals surface area contributed by atoms with Crippen molar-refractivity contribution in [3.63, 3.8) is 0 Å². The number of hydrogen-bond acceptors (Lipinski definition) is 2. The van der Waals surface area contributed by atoms with Gasteiger partial charge in [-0.3, -0.25) is 0 Å². The van der Waals surface area contributed by atoms with Crippen LogP contribution in [0.4, 0.5) is 0 Å². The number of fused-ring (bicyclic) bond motifs is 1. The third-order valence-electron chi connectivity index (χ3n) is 4.87. The van der Waals surface area contributed by atoms with E-state index in [1.807, 2.05) is 31.2 Å². The van der Waals surface area contributed by atoms with E-state index in [2.05, 4.69) is 33.8 Å². The van der Waals surface area contributed by atoms with Gasteiger partial charge in [0, 0.05) is 16.3 Å². The maximum atomic E-state index is 10.7. The first-order valence-electron chi connectivity index (χ1n) is 8.77. The summed E-state index contributed by atoms with van der Waals surface area (Å²) in [4.78, 5) is 0. The maximum Gasteiger partial charge on any atom is 0.130 e. The van der Waals surface area contributed by atoms with Crippen LogP contribution in [0.1, 0.15) is 58.1 Å². The van der Waals surface area contributed by atoms with E-state index in [1.165, 1.54) is 12.0 Å². The molecular formula is C22H30O2. The highest BCUT2D eigenvalue weighted by atomic mass is 16.5. The van der Waals surface area contributed by atoms with Crippen molar-refractivity contribution in [1.82, 2.24) is 0 Å². The topological polar surface area (TPSA) is 29.5 Å². The molecule has 0 aliphatic carbocycles. The van der Waals surface area contributed by atoms with Gasteiger partial charge in [-0.2, -0.15) is 0 Å². The Kier molecular flexibility index (Phi) is 5.58. The first-order chi connectivity index (χ1) is 11.3. The number of phenolic OH excluding ortho intramolecular Hbond substituents is 1. The second-order valence-electron chi connectivity index (χ2n) is 7.32. The zero-order valence-corrected chi connectivity index (χ0v) is 15.9. The quantitative estimate of drug-likeness (QED) is 0.633. The lowest BCUT2D eigenvalue weighted by atomic mass is 9.76. The lowest BCUT2D eigenvalue weighted by molar-refractivity contribution is 0.393. The minimum absolute atomic E-state index is 0.119. The molecule has 0 heterocycles. The fraction of sp³-hybridized carbons (Fsp3) is 0.455. The molecule has 0 bridgehead atoms. The molecule has 0 aliphatic rings. The third kappa shape index (κ3) is 3.43. The molecule has 1 N–H and O–H groups in total. The molecule has 24 heavy (non-hydrogen) atoms. The highest BCUT2D eigenvalue weighted by Crippen LogP contribution is 2.46. The maximum absolute atomic E-state index is 10.7. The number of phenols is 1. The number of hydrogen-bond donors (Lipinski definition) is 1. The summed E-state index contributed by atoms with van der Waals surface area (Å²) in [5.74, 6) is 1.25. The molecule has 0 radical (unpaired) electrons. The van der Waals surface area contributed by atoms with Crippen LogP contribution in [0.5, 0.6) is 11.5 Å². The van der Waals surface area contributed by atoms with Crippen LogP contribution in [0, 0.1) is 6.92 Å². The van der Waals surface area contributed by atoms with Crippen LogP contribution in [0.3, 0.4) is 0 Å². The number of rotatable bonds is 6. The largest absolute Gasteiger partial charge is 0.507 e. The number of allylic oxidation sites excluding steroid dienone is 2. The van der Waals surface area contributed by atoms with Gasteiger partial charge in [-0.05, 0) is 37.7 Å². The van der Waals surface area contributed by atoms with Gasteiger partial charge >= 0.3 is 0 Å². The standard InChI is InChI=1S/C22H30O2/c1-7-10-15(2)13-14-22(4,5)19-16(3)20(23)17-11-8-9-12-18(17)21(19)24-6/h8-9,11-13,23H,7,10,14H2,1-6H3/b15-13+. The van der Waals surface area contributed by atoms with Crippen molar-refractivity contribution in [2.75, 3.05) is 7.11 Å². The summed E-state index contributed by atoms with van der Waals surface area (Å²) < 4.78 is 5.80. The van der Waals surface area contributed by atoms with E-state index < -0.39 is 0 Å². The molecule has 0 saturated heterocycles. The van der Waals surface area contributed by atoms with Crippen LogP contribution in [-0.2, 0) is 5.41 Å². The van der Waals surface area contributed by atoms with E-state index in [1.54, 1.807) is 7.11 Å². The molecule has 2 aromatic rings. The molecule has 2 aromatic carbocycles. The summed E-state index contributed by atoms with van der Waals surface area (Å²) >= 11 is 0. The van der Waals surface area contributed by atoms with Crippen molar-refractivity contribution in [1.29, 1.82) is 0 Å². The second-order valence-corrected chi connectivity index (χ2v) is 7.32.